The summed E-state index contributed by atoms with van der Waals surface area (Å²) in [6.45, 7) is 3.80. The van der Waals surface area contributed by atoms with Crippen molar-refractivity contribution < 1.29 is 14.0 Å². The zero-order valence-electron chi connectivity index (χ0n) is 19.2. The summed E-state index contributed by atoms with van der Waals surface area (Å²) in [7, 11) is 0. The summed E-state index contributed by atoms with van der Waals surface area (Å²) in [6.07, 6.45) is 1.14. The highest BCUT2D eigenvalue weighted by molar-refractivity contribution is 5.88. The average Bonchev–Trinajstić information content (AvgIpc) is 2.81. The van der Waals surface area contributed by atoms with Gasteiger partial charge in [-0.25, -0.2) is 4.39 Å². The van der Waals surface area contributed by atoms with Crippen LogP contribution >= 0.6 is 0 Å². The van der Waals surface area contributed by atoms with Crippen LogP contribution in [0, 0.1) is 5.82 Å². The van der Waals surface area contributed by atoms with Gasteiger partial charge in [0.15, 0.2) is 0 Å². The molecule has 3 aromatic rings. The van der Waals surface area contributed by atoms with Crippen molar-refractivity contribution in [1.82, 2.24) is 10.2 Å². The molecule has 3 aromatic carbocycles. The Hall–Kier alpha value is -3.47. The van der Waals surface area contributed by atoms with Crippen LogP contribution < -0.4 is 5.32 Å². The highest BCUT2D eigenvalue weighted by Gasteiger charge is 2.31. The highest BCUT2D eigenvalue weighted by Crippen LogP contribution is 2.18. The van der Waals surface area contributed by atoms with Gasteiger partial charge >= 0.3 is 0 Å². The number of nitrogens with zero attached hydrogens (tertiary/aromatic N) is 1. The quantitative estimate of drug-likeness (QED) is 0.480. The van der Waals surface area contributed by atoms with Gasteiger partial charge in [0.05, 0.1) is 0 Å². The molecule has 0 radical (unpaired) electrons. The molecule has 3 rings (SSSR count). The number of nitrogens with one attached hydrogen (secondary N) is 1. The van der Waals surface area contributed by atoms with Gasteiger partial charge in [0.2, 0.25) is 11.8 Å². The Balaban J connectivity index is 1.91. The van der Waals surface area contributed by atoms with Gasteiger partial charge in [0.1, 0.15) is 11.9 Å². The molecule has 33 heavy (non-hydrogen) atoms. The summed E-state index contributed by atoms with van der Waals surface area (Å²) in [5, 5.41) is 2.95. The summed E-state index contributed by atoms with van der Waals surface area (Å²) in [5.74, 6) is -0.804. The third kappa shape index (κ3) is 7.28. The van der Waals surface area contributed by atoms with E-state index in [4.69, 9.17) is 0 Å². The van der Waals surface area contributed by atoms with Gasteiger partial charge < -0.3 is 10.2 Å². The largest absolute Gasteiger partial charge is 0.352 e. The number of hydrogen-bond donors (Lipinski definition) is 1. The Kier molecular flexibility index (Phi) is 8.76. The minimum absolute atomic E-state index is 0.0311. The number of halogens is 1. The zero-order chi connectivity index (χ0) is 23.6. The lowest BCUT2D eigenvalue weighted by Gasteiger charge is -2.32. The number of hydrogen-bond acceptors (Lipinski definition) is 2. The number of rotatable bonds is 10. The maximum absolute atomic E-state index is 14.5. The SMILES string of the molecule is CC(C)NC(=O)[C@H](Cc1ccccc1)N(Cc1ccccc1F)C(=O)CCc1ccccc1. The molecule has 0 aromatic heterocycles. The number of benzene rings is 3. The monoisotopic (exact) mass is 446 g/mol. The molecule has 0 heterocycles. The van der Waals surface area contributed by atoms with Crippen molar-refractivity contribution >= 4 is 11.8 Å². The second-order valence-electron chi connectivity index (χ2n) is 8.47. The lowest BCUT2D eigenvalue weighted by Crippen LogP contribution is -2.52. The zero-order valence-corrected chi connectivity index (χ0v) is 19.2. The van der Waals surface area contributed by atoms with Crippen LogP contribution in [0.5, 0.6) is 0 Å². The van der Waals surface area contributed by atoms with Crippen molar-refractivity contribution in [2.24, 2.45) is 0 Å². The maximum Gasteiger partial charge on any atom is 0.243 e. The first-order valence-corrected chi connectivity index (χ1v) is 11.3. The van der Waals surface area contributed by atoms with Crippen LogP contribution in [0.3, 0.4) is 0 Å². The fourth-order valence-corrected chi connectivity index (χ4v) is 3.78. The Morgan fingerprint density at radius 2 is 1.42 bits per heavy atom. The predicted octanol–water partition coefficient (Wildman–Crippen LogP) is 4.92. The standard InChI is InChI=1S/C28H31FN2O2/c1-21(2)30-28(33)26(19-23-13-7-4-8-14-23)31(20-24-15-9-10-16-25(24)29)27(32)18-17-22-11-5-3-6-12-22/h3-16,21,26H,17-20H2,1-2H3,(H,30,33)/t26-/m0/s1. The highest BCUT2D eigenvalue weighted by atomic mass is 19.1. The molecule has 2 amide bonds. The van der Waals surface area contributed by atoms with Gasteiger partial charge in [0.25, 0.3) is 0 Å². The smallest absolute Gasteiger partial charge is 0.243 e. The Morgan fingerprint density at radius 1 is 0.848 bits per heavy atom. The first-order chi connectivity index (χ1) is 15.9. The van der Waals surface area contributed by atoms with Crippen LogP contribution in [0.15, 0.2) is 84.9 Å². The molecule has 0 unspecified atom stereocenters. The van der Waals surface area contributed by atoms with E-state index >= 15 is 0 Å². The van der Waals surface area contributed by atoms with Crippen molar-refractivity contribution in [2.45, 2.75) is 51.7 Å². The lowest BCUT2D eigenvalue weighted by molar-refractivity contribution is -0.141. The number of amides is 2. The van der Waals surface area contributed by atoms with Crippen molar-refractivity contribution in [3.05, 3.63) is 107 Å². The maximum atomic E-state index is 14.5. The summed E-state index contributed by atoms with van der Waals surface area (Å²) >= 11 is 0. The van der Waals surface area contributed by atoms with Crippen LogP contribution in [-0.2, 0) is 29.0 Å². The second-order valence-corrected chi connectivity index (χ2v) is 8.47. The summed E-state index contributed by atoms with van der Waals surface area (Å²) in [5.41, 5.74) is 2.37. The van der Waals surface area contributed by atoms with Crippen LogP contribution in [0.2, 0.25) is 0 Å². The molecular formula is C28H31FN2O2. The van der Waals surface area contributed by atoms with E-state index in [9.17, 15) is 14.0 Å². The van der Waals surface area contributed by atoms with E-state index in [0.29, 0.717) is 18.4 Å². The van der Waals surface area contributed by atoms with E-state index in [1.54, 1.807) is 18.2 Å². The van der Waals surface area contributed by atoms with Crippen molar-refractivity contribution in [1.29, 1.82) is 0 Å². The fourth-order valence-electron chi connectivity index (χ4n) is 3.78. The van der Waals surface area contributed by atoms with Gasteiger partial charge in [0, 0.05) is 31.0 Å². The van der Waals surface area contributed by atoms with Gasteiger partial charge in [-0.05, 0) is 37.5 Å². The molecule has 0 spiro atoms. The normalized spacial score (nSPS) is 11.8. The third-order valence-electron chi connectivity index (χ3n) is 5.47. The molecule has 0 aliphatic carbocycles. The molecule has 0 aliphatic heterocycles. The summed E-state index contributed by atoms with van der Waals surface area (Å²) < 4.78 is 14.5. The summed E-state index contributed by atoms with van der Waals surface area (Å²) in [4.78, 5) is 28.3. The second kappa shape index (κ2) is 12.0. The van der Waals surface area contributed by atoms with E-state index in [0.717, 1.165) is 11.1 Å². The Bertz CT molecular complexity index is 1040. The molecule has 0 bridgehead atoms. The molecule has 1 N–H and O–H groups in total. The van der Waals surface area contributed by atoms with Gasteiger partial charge in [-0.1, -0.05) is 78.9 Å². The summed E-state index contributed by atoms with van der Waals surface area (Å²) in [6, 6.07) is 24.9. The molecule has 4 nitrogen and oxygen atoms in total. The van der Waals surface area contributed by atoms with Crippen LogP contribution in [0.1, 0.15) is 37.0 Å². The predicted molar refractivity (Wildman–Crippen MR) is 129 cm³/mol. The minimum Gasteiger partial charge on any atom is -0.352 e. The first kappa shape index (κ1) is 24.2. The van der Waals surface area contributed by atoms with E-state index < -0.39 is 6.04 Å². The number of aryl methyl sites for hydroxylation is 1. The molecule has 0 aliphatic rings. The molecule has 5 heteroatoms. The van der Waals surface area contributed by atoms with Crippen molar-refractivity contribution in [2.75, 3.05) is 0 Å². The molecule has 0 fully saturated rings. The van der Waals surface area contributed by atoms with Crippen LogP contribution in [0.4, 0.5) is 4.39 Å². The van der Waals surface area contributed by atoms with Gasteiger partial charge in [-0.15, -0.1) is 0 Å². The molecule has 0 saturated carbocycles. The Morgan fingerprint density at radius 3 is 2.03 bits per heavy atom. The first-order valence-electron chi connectivity index (χ1n) is 11.3. The van der Waals surface area contributed by atoms with Crippen molar-refractivity contribution in [3.8, 4) is 0 Å². The Labute approximate surface area is 195 Å². The van der Waals surface area contributed by atoms with E-state index in [2.05, 4.69) is 5.32 Å². The molecule has 0 saturated heterocycles. The van der Waals surface area contributed by atoms with Gasteiger partial charge in [-0.2, -0.15) is 0 Å². The lowest BCUT2D eigenvalue weighted by atomic mass is 10.0. The topological polar surface area (TPSA) is 49.4 Å². The molecular weight excluding hydrogens is 415 g/mol. The average molecular weight is 447 g/mol. The fraction of sp³-hybridized carbons (Fsp3) is 0.286. The number of carbonyl (C=O) groups excluding carboxylic acids is 2. The van der Waals surface area contributed by atoms with E-state index in [1.165, 1.54) is 11.0 Å². The van der Waals surface area contributed by atoms with Crippen LogP contribution in [0.25, 0.3) is 0 Å². The van der Waals surface area contributed by atoms with E-state index in [-0.39, 0.29) is 36.6 Å². The number of carbonyl (C=O) groups is 2. The van der Waals surface area contributed by atoms with Gasteiger partial charge in [-0.3, -0.25) is 9.59 Å². The third-order valence-corrected chi connectivity index (χ3v) is 5.47. The minimum atomic E-state index is -0.752. The molecule has 1 atom stereocenters. The van der Waals surface area contributed by atoms with Crippen LogP contribution in [-0.4, -0.2) is 28.8 Å². The van der Waals surface area contributed by atoms with E-state index in [1.807, 2.05) is 74.5 Å². The molecule has 172 valence electrons. The van der Waals surface area contributed by atoms with Crippen molar-refractivity contribution in [3.63, 3.8) is 0 Å².